The van der Waals surface area contributed by atoms with Gasteiger partial charge in [-0.2, -0.15) is 8.42 Å². The van der Waals surface area contributed by atoms with E-state index >= 15 is 0 Å². The maximum Gasteiger partial charge on any atom is 0.268 e. The Balaban J connectivity index is 4.49. The molecule has 1 N–H and O–H groups in total. The van der Waals surface area contributed by atoms with Gasteiger partial charge in [0, 0.05) is 6.42 Å². The molecule has 5 heteroatoms. The first-order valence-electron chi connectivity index (χ1n) is 3.94. The summed E-state index contributed by atoms with van der Waals surface area (Å²) in [6.07, 6.45) is 0.0303. The average Bonchev–Trinajstić information content (AvgIpc) is 1.96. The first-order valence-corrected chi connectivity index (χ1v) is 5.44. The predicted molar refractivity (Wildman–Crippen MR) is 50.1 cm³/mol. The molecule has 4 nitrogen and oxygen atoms in total. The number of hydrogen-bond donors (Lipinski definition) is 1. The molecular formula is C8H14O4S. The topological polar surface area (TPSA) is 71.4 Å². The first-order chi connectivity index (χ1) is 5.79. The third-order valence-corrected chi connectivity index (χ3v) is 3.11. The van der Waals surface area contributed by atoms with Crippen LogP contribution >= 0.6 is 0 Å². The van der Waals surface area contributed by atoms with Gasteiger partial charge in [-0.3, -0.25) is 9.35 Å². The Morgan fingerprint density at radius 2 is 2.00 bits per heavy atom. The molecule has 13 heavy (non-hydrogen) atoms. The van der Waals surface area contributed by atoms with Crippen LogP contribution in [0.4, 0.5) is 0 Å². The summed E-state index contributed by atoms with van der Waals surface area (Å²) in [5, 5.41) is -1.00. The molecule has 0 saturated carbocycles. The Kier molecular flexibility index (Phi) is 4.29. The maximum absolute atomic E-state index is 11.1. The quantitative estimate of drug-likeness (QED) is 0.541. The molecule has 0 heterocycles. The third-order valence-electron chi connectivity index (χ3n) is 1.77. The van der Waals surface area contributed by atoms with Gasteiger partial charge in [-0.1, -0.05) is 13.5 Å². The lowest BCUT2D eigenvalue weighted by molar-refractivity contribution is -0.115. The molecule has 0 spiro atoms. The molecule has 0 aromatic carbocycles. The van der Waals surface area contributed by atoms with Gasteiger partial charge in [0.15, 0.2) is 5.78 Å². The maximum atomic E-state index is 11.1. The van der Waals surface area contributed by atoms with E-state index in [2.05, 4.69) is 6.58 Å². The van der Waals surface area contributed by atoms with Gasteiger partial charge >= 0.3 is 0 Å². The normalized spacial score (nSPS) is 13.8. The van der Waals surface area contributed by atoms with Gasteiger partial charge in [-0.05, 0) is 18.9 Å². The number of hydrogen-bond acceptors (Lipinski definition) is 3. The van der Waals surface area contributed by atoms with E-state index in [1.807, 2.05) is 0 Å². The van der Waals surface area contributed by atoms with Crippen LogP contribution in [0.1, 0.15) is 26.7 Å². The number of carbonyl (C=O) groups is 1. The fourth-order valence-corrected chi connectivity index (χ4v) is 1.62. The number of ketones is 1. The monoisotopic (exact) mass is 206 g/mol. The molecule has 1 atom stereocenters. The highest BCUT2D eigenvalue weighted by molar-refractivity contribution is 7.86. The molecule has 0 rings (SSSR count). The first kappa shape index (κ1) is 12.3. The van der Waals surface area contributed by atoms with Crippen LogP contribution < -0.4 is 0 Å². The van der Waals surface area contributed by atoms with Crippen molar-refractivity contribution in [2.45, 2.75) is 31.9 Å². The molecule has 0 amide bonds. The number of Topliss-reactive ketones (excluding diaryl/α,β-unsaturated/α-hetero) is 1. The smallest absolute Gasteiger partial charge is 0.268 e. The lowest BCUT2D eigenvalue weighted by Gasteiger charge is -2.09. The highest BCUT2D eigenvalue weighted by Gasteiger charge is 2.23. The van der Waals surface area contributed by atoms with Crippen LogP contribution in [-0.4, -0.2) is 24.0 Å². The summed E-state index contributed by atoms with van der Waals surface area (Å²) in [6, 6.07) is 0. The van der Waals surface area contributed by atoms with E-state index < -0.39 is 15.4 Å². The van der Waals surface area contributed by atoms with Crippen molar-refractivity contribution < 1.29 is 17.8 Å². The van der Waals surface area contributed by atoms with Gasteiger partial charge < -0.3 is 0 Å². The lowest BCUT2D eigenvalue weighted by Crippen LogP contribution is -2.23. The fraction of sp³-hybridized carbons (Fsp3) is 0.625. The number of rotatable bonds is 5. The molecule has 0 aliphatic heterocycles. The third kappa shape index (κ3) is 4.19. The molecule has 0 saturated heterocycles. The summed E-state index contributed by atoms with van der Waals surface area (Å²) in [4.78, 5) is 11.1. The van der Waals surface area contributed by atoms with E-state index in [1.165, 1.54) is 6.92 Å². The zero-order chi connectivity index (χ0) is 10.6. The van der Waals surface area contributed by atoms with Gasteiger partial charge in [0.1, 0.15) is 0 Å². The summed E-state index contributed by atoms with van der Waals surface area (Å²) >= 11 is 0. The van der Waals surface area contributed by atoms with Gasteiger partial charge in [0.05, 0.1) is 5.25 Å². The van der Waals surface area contributed by atoms with Crippen LogP contribution in [0.3, 0.4) is 0 Å². The van der Waals surface area contributed by atoms with E-state index in [1.54, 1.807) is 6.92 Å². The van der Waals surface area contributed by atoms with E-state index in [0.29, 0.717) is 5.57 Å². The number of allylic oxidation sites excluding steroid dienone is 1. The van der Waals surface area contributed by atoms with Crippen molar-refractivity contribution in [1.82, 2.24) is 0 Å². The second-order valence-corrected chi connectivity index (χ2v) is 4.65. The Morgan fingerprint density at radius 3 is 2.23 bits per heavy atom. The van der Waals surface area contributed by atoms with Gasteiger partial charge in [0.25, 0.3) is 10.1 Å². The second-order valence-electron chi connectivity index (χ2n) is 2.95. The molecule has 1 unspecified atom stereocenters. The lowest BCUT2D eigenvalue weighted by atomic mass is 10.1. The minimum Gasteiger partial charge on any atom is -0.295 e. The molecule has 76 valence electrons. The Morgan fingerprint density at radius 1 is 1.54 bits per heavy atom. The van der Waals surface area contributed by atoms with E-state index in [4.69, 9.17) is 4.55 Å². The zero-order valence-electron chi connectivity index (χ0n) is 7.78. The Bertz CT molecular complexity index is 302. The molecule has 0 aliphatic carbocycles. The largest absolute Gasteiger partial charge is 0.295 e. The van der Waals surface area contributed by atoms with Crippen molar-refractivity contribution in [3.8, 4) is 0 Å². The van der Waals surface area contributed by atoms with Crippen LogP contribution in [0.15, 0.2) is 12.2 Å². The second kappa shape index (κ2) is 4.53. The van der Waals surface area contributed by atoms with Crippen molar-refractivity contribution in [1.29, 1.82) is 0 Å². The van der Waals surface area contributed by atoms with Crippen LogP contribution in [0.25, 0.3) is 0 Å². The van der Waals surface area contributed by atoms with Crippen molar-refractivity contribution >= 4 is 15.9 Å². The molecule has 0 aliphatic rings. The minimum atomic E-state index is -4.11. The fourth-order valence-electron chi connectivity index (χ4n) is 0.841. The summed E-state index contributed by atoms with van der Waals surface area (Å²) < 4.78 is 30.1. The van der Waals surface area contributed by atoms with Crippen molar-refractivity contribution in [3.05, 3.63) is 12.2 Å². The van der Waals surface area contributed by atoms with Crippen LogP contribution in [0, 0.1) is 0 Å². The molecule has 0 fully saturated rings. The van der Waals surface area contributed by atoms with Crippen LogP contribution in [0.5, 0.6) is 0 Å². The van der Waals surface area contributed by atoms with Crippen molar-refractivity contribution in [2.75, 3.05) is 0 Å². The Hall–Kier alpha value is -0.680. The SMILES string of the molecule is C=C(C)C(=O)CC(CC)S(=O)(=O)O. The van der Waals surface area contributed by atoms with Gasteiger partial charge in [0.2, 0.25) is 0 Å². The van der Waals surface area contributed by atoms with E-state index in [0.717, 1.165) is 0 Å². The van der Waals surface area contributed by atoms with Crippen LogP contribution in [0.2, 0.25) is 0 Å². The molecule has 0 bridgehead atoms. The standard InChI is InChI=1S/C8H14O4S/c1-4-7(13(10,11)12)5-8(9)6(2)3/h7H,2,4-5H2,1,3H3,(H,10,11,12). The van der Waals surface area contributed by atoms with Crippen molar-refractivity contribution in [2.24, 2.45) is 0 Å². The highest BCUT2D eigenvalue weighted by atomic mass is 32.2. The van der Waals surface area contributed by atoms with E-state index in [9.17, 15) is 13.2 Å². The predicted octanol–water partition coefficient (Wildman–Crippen LogP) is 1.19. The molecule has 0 radical (unpaired) electrons. The van der Waals surface area contributed by atoms with Crippen LogP contribution in [-0.2, 0) is 14.9 Å². The van der Waals surface area contributed by atoms with Gasteiger partial charge in [-0.25, -0.2) is 0 Å². The molecule has 0 aromatic heterocycles. The average molecular weight is 206 g/mol. The zero-order valence-corrected chi connectivity index (χ0v) is 8.60. The summed E-state index contributed by atoms with van der Waals surface area (Å²) in [5.74, 6) is -0.329. The van der Waals surface area contributed by atoms with E-state index in [-0.39, 0.29) is 18.6 Å². The van der Waals surface area contributed by atoms with Crippen molar-refractivity contribution in [3.63, 3.8) is 0 Å². The Labute approximate surface area is 78.4 Å². The van der Waals surface area contributed by atoms with Gasteiger partial charge in [-0.15, -0.1) is 0 Å². The summed E-state index contributed by atoms with van der Waals surface area (Å²) in [7, 11) is -4.11. The summed E-state index contributed by atoms with van der Waals surface area (Å²) in [5.41, 5.74) is 0.308. The molecule has 0 aromatic rings. The minimum absolute atomic E-state index is 0.190. The number of carbonyl (C=O) groups excluding carboxylic acids is 1. The highest BCUT2D eigenvalue weighted by Crippen LogP contribution is 2.11. The summed E-state index contributed by atoms with van der Waals surface area (Å²) in [6.45, 7) is 6.51. The molecular weight excluding hydrogens is 192 g/mol.